The molecule has 0 bridgehead atoms. The lowest BCUT2D eigenvalue weighted by molar-refractivity contribution is -0.143. The molecule has 2 aliphatic heterocycles. The van der Waals surface area contributed by atoms with Crippen LogP contribution in [0, 0.1) is 5.92 Å². The fraction of sp³-hybridized carbons (Fsp3) is 0.682. The zero-order chi connectivity index (χ0) is 18.1. The van der Waals surface area contributed by atoms with E-state index in [-0.39, 0.29) is 5.41 Å². The molecule has 1 saturated carbocycles. The summed E-state index contributed by atoms with van der Waals surface area (Å²) in [5, 5.41) is 0. The highest BCUT2D eigenvalue weighted by atomic mass is 16.5. The molecule has 3 fully saturated rings. The van der Waals surface area contributed by atoms with E-state index in [0.717, 1.165) is 58.5 Å². The second-order valence-electron chi connectivity index (χ2n) is 8.75. The first-order valence-electron chi connectivity index (χ1n) is 10.3. The molecular weight excluding hydrogens is 324 g/mol. The van der Waals surface area contributed by atoms with E-state index in [4.69, 9.17) is 4.74 Å². The molecule has 4 heteroatoms. The molecule has 1 amide bonds. The van der Waals surface area contributed by atoms with Crippen molar-refractivity contribution >= 4 is 5.91 Å². The number of amides is 1. The number of rotatable bonds is 6. The van der Waals surface area contributed by atoms with Crippen LogP contribution in [-0.2, 0) is 14.9 Å². The number of likely N-dealkylation sites (tertiary alicyclic amines) is 1. The molecular formula is C22H32N2O2. The van der Waals surface area contributed by atoms with Gasteiger partial charge in [0.25, 0.3) is 0 Å². The fourth-order valence-electron chi connectivity index (χ4n) is 4.68. The van der Waals surface area contributed by atoms with Crippen LogP contribution >= 0.6 is 0 Å². The summed E-state index contributed by atoms with van der Waals surface area (Å²) < 4.78 is 5.56. The summed E-state index contributed by atoms with van der Waals surface area (Å²) in [6.07, 6.45) is 4.27. The summed E-state index contributed by atoms with van der Waals surface area (Å²) >= 11 is 0. The van der Waals surface area contributed by atoms with Crippen molar-refractivity contribution in [3.63, 3.8) is 0 Å². The highest BCUT2D eigenvalue weighted by Gasteiger charge is 2.55. The molecule has 1 aromatic rings. The average molecular weight is 357 g/mol. The Balaban J connectivity index is 1.39. The minimum Gasteiger partial charge on any atom is -0.381 e. The van der Waals surface area contributed by atoms with Crippen LogP contribution in [0.1, 0.15) is 45.1 Å². The number of carbonyl (C=O) groups excluding carboxylic acids is 1. The topological polar surface area (TPSA) is 32.8 Å². The molecule has 0 spiro atoms. The smallest absolute Gasteiger partial charge is 0.233 e. The maximum absolute atomic E-state index is 13.2. The third-order valence-corrected chi connectivity index (χ3v) is 6.34. The molecule has 1 aliphatic carbocycles. The van der Waals surface area contributed by atoms with E-state index in [1.54, 1.807) is 0 Å². The number of hydrogen-bond acceptors (Lipinski definition) is 3. The number of benzene rings is 1. The summed E-state index contributed by atoms with van der Waals surface area (Å²) in [7, 11) is 0. The van der Waals surface area contributed by atoms with E-state index in [0.29, 0.717) is 23.9 Å². The second kappa shape index (κ2) is 7.32. The Hall–Kier alpha value is -1.39. The van der Waals surface area contributed by atoms with Gasteiger partial charge in [0.05, 0.1) is 5.41 Å². The molecule has 2 saturated heterocycles. The van der Waals surface area contributed by atoms with Gasteiger partial charge < -0.3 is 9.64 Å². The summed E-state index contributed by atoms with van der Waals surface area (Å²) in [5.74, 6) is 1.01. The van der Waals surface area contributed by atoms with Crippen LogP contribution < -0.4 is 0 Å². The van der Waals surface area contributed by atoms with Gasteiger partial charge in [-0.25, -0.2) is 0 Å². The van der Waals surface area contributed by atoms with Crippen LogP contribution in [0.2, 0.25) is 0 Å². The van der Waals surface area contributed by atoms with Gasteiger partial charge in [0, 0.05) is 44.9 Å². The molecule has 0 atom stereocenters. The SMILES string of the molecule is CC(C)CN(C1CCOCC1)C1CN(C(=O)C2(c3ccccc3)CC2)C1. The van der Waals surface area contributed by atoms with Crippen molar-refractivity contribution in [3.05, 3.63) is 35.9 Å². The van der Waals surface area contributed by atoms with Gasteiger partial charge >= 0.3 is 0 Å². The molecule has 4 nitrogen and oxygen atoms in total. The van der Waals surface area contributed by atoms with E-state index in [1.807, 2.05) is 6.07 Å². The molecule has 26 heavy (non-hydrogen) atoms. The molecule has 142 valence electrons. The summed E-state index contributed by atoms with van der Waals surface area (Å²) in [6, 6.07) is 11.5. The lowest BCUT2D eigenvalue weighted by Gasteiger charge is -2.50. The maximum Gasteiger partial charge on any atom is 0.233 e. The number of carbonyl (C=O) groups is 1. The third-order valence-electron chi connectivity index (χ3n) is 6.34. The number of hydrogen-bond donors (Lipinski definition) is 0. The van der Waals surface area contributed by atoms with E-state index in [9.17, 15) is 4.79 Å². The molecule has 0 aromatic heterocycles. The van der Waals surface area contributed by atoms with Crippen LogP contribution in [0.5, 0.6) is 0 Å². The van der Waals surface area contributed by atoms with Gasteiger partial charge in [-0.2, -0.15) is 0 Å². The Morgan fingerprint density at radius 3 is 2.38 bits per heavy atom. The molecule has 0 radical (unpaired) electrons. The largest absolute Gasteiger partial charge is 0.381 e. The van der Waals surface area contributed by atoms with Gasteiger partial charge in [-0.1, -0.05) is 44.2 Å². The van der Waals surface area contributed by atoms with E-state index in [1.165, 1.54) is 5.56 Å². The predicted octanol–water partition coefficient (Wildman–Crippen LogP) is 3.07. The van der Waals surface area contributed by atoms with Crippen molar-refractivity contribution in [2.75, 3.05) is 32.8 Å². The first-order chi connectivity index (χ1) is 12.6. The zero-order valence-corrected chi connectivity index (χ0v) is 16.2. The zero-order valence-electron chi connectivity index (χ0n) is 16.2. The first kappa shape index (κ1) is 18.0. The standard InChI is InChI=1S/C22H32N2O2/c1-17(2)14-24(19-8-12-26-13-9-19)20-15-23(16-20)21(25)22(10-11-22)18-6-4-3-5-7-18/h3-7,17,19-20H,8-16H2,1-2H3. The lowest BCUT2D eigenvalue weighted by atomic mass is 9.91. The molecule has 0 N–H and O–H groups in total. The molecule has 0 unspecified atom stereocenters. The Bertz CT molecular complexity index is 614. The van der Waals surface area contributed by atoms with Crippen LogP contribution in [0.4, 0.5) is 0 Å². The highest BCUT2D eigenvalue weighted by Crippen LogP contribution is 2.50. The second-order valence-corrected chi connectivity index (χ2v) is 8.75. The molecule has 4 rings (SSSR count). The van der Waals surface area contributed by atoms with Gasteiger partial charge in [0.15, 0.2) is 0 Å². The van der Waals surface area contributed by atoms with Crippen LogP contribution in [0.25, 0.3) is 0 Å². The van der Waals surface area contributed by atoms with E-state index >= 15 is 0 Å². The normalized spacial score (nSPS) is 23.3. The van der Waals surface area contributed by atoms with Crippen LogP contribution in [0.15, 0.2) is 30.3 Å². The van der Waals surface area contributed by atoms with Gasteiger partial charge in [-0.05, 0) is 37.2 Å². The van der Waals surface area contributed by atoms with Crippen molar-refractivity contribution < 1.29 is 9.53 Å². The van der Waals surface area contributed by atoms with Gasteiger partial charge in [-0.15, -0.1) is 0 Å². The fourth-order valence-corrected chi connectivity index (χ4v) is 4.68. The van der Waals surface area contributed by atoms with Gasteiger partial charge in [0.1, 0.15) is 0 Å². The minimum atomic E-state index is -0.214. The highest BCUT2D eigenvalue weighted by molar-refractivity contribution is 5.92. The molecule has 1 aromatic carbocycles. The number of nitrogens with zero attached hydrogens (tertiary/aromatic N) is 2. The van der Waals surface area contributed by atoms with E-state index < -0.39 is 0 Å². The predicted molar refractivity (Wildman–Crippen MR) is 103 cm³/mol. The molecule has 3 aliphatic rings. The Kier molecular flexibility index (Phi) is 5.07. The third kappa shape index (κ3) is 3.41. The van der Waals surface area contributed by atoms with Crippen LogP contribution in [-0.4, -0.2) is 60.6 Å². The minimum absolute atomic E-state index is 0.214. The van der Waals surface area contributed by atoms with Crippen molar-refractivity contribution in [2.45, 2.75) is 57.0 Å². The van der Waals surface area contributed by atoms with Crippen molar-refractivity contribution in [3.8, 4) is 0 Å². The van der Waals surface area contributed by atoms with Crippen LogP contribution in [0.3, 0.4) is 0 Å². The average Bonchev–Trinajstić information content (AvgIpc) is 3.43. The first-order valence-corrected chi connectivity index (χ1v) is 10.3. The van der Waals surface area contributed by atoms with Gasteiger partial charge in [-0.3, -0.25) is 9.69 Å². The van der Waals surface area contributed by atoms with Gasteiger partial charge in [0.2, 0.25) is 5.91 Å². The van der Waals surface area contributed by atoms with Crippen molar-refractivity contribution in [1.82, 2.24) is 9.80 Å². The summed E-state index contributed by atoms with van der Waals surface area (Å²) in [4.78, 5) is 18.0. The maximum atomic E-state index is 13.2. The summed E-state index contributed by atoms with van der Waals surface area (Å²) in [5.41, 5.74) is 0.991. The quantitative estimate of drug-likeness (QED) is 0.785. The monoisotopic (exact) mass is 356 g/mol. The molecule has 2 heterocycles. The van der Waals surface area contributed by atoms with Crippen molar-refractivity contribution in [2.24, 2.45) is 5.92 Å². The Morgan fingerprint density at radius 2 is 1.81 bits per heavy atom. The van der Waals surface area contributed by atoms with Crippen molar-refractivity contribution in [1.29, 1.82) is 0 Å². The van der Waals surface area contributed by atoms with E-state index in [2.05, 4.69) is 47.9 Å². The Labute approximate surface area is 157 Å². The summed E-state index contributed by atoms with van der Waals surface area (Å²) in [6.45, 7) is 9.28. The number of ether oxygens (including phenoxy) is 1. The lowest BCUT2D eigenvalue weighted by Crippen LogP contribution is -2.65. The Morgan fingerprint density at radius 1 is 1.15 bits per heavy atom.